The van der Waals surface area contributed by atoms with Crippen molar-refractivity contribution in [3.05, 3.63) is 60.2 Å². The Morgan fingerprint density at radius 1 is 1.15 bits per heavy atom. The van der Waals surface area contributed by atoms with Gasteiger partial charge >= 0.3 is 0 Å². The normalized spacial score (nSPS) is 17.1. The second-order valence-corrected chi connectivity index (χ2v) is 8.71. The molecule has 0 aliphatic carbocycles. The van der Waals surface area contributed by atoms with E-state index >= 15 is 0 Å². The maximum Gasteiger partial charge on any atom is 0.264 e. The monoisotopic (exact) mass is 387 g/mol. The molecule has 1 atom stereocenters. The zero-order valence-corrected chi connectivity index (χ0v) is 16.4. The molecule has 1 aliphatic rings. The van der Waals surface area contributed by atoms with Crippen molar-refractivity contribution in [2.75, 3.05) is 38.0 Å². The number of sulfonamides is 1. The summed E-state index contributed by atoms with van der Waals surface area (Å²) in [6.45, 7) is 2.14. The summed E-state index contributed by atoms with van der Waals surface area (Å²) < 4.78 is 27.6. The van der Waals surface area contributed by atoms with Crippen molar-refractivity contribution in [2.45, 2.75) is 11.3 Å². The largest absolute Gasteiger partial charge is 0.338 e. The van der Waals surface area contributed by atoms with Crippen LogP contribution < -0.4 is 9.62 Å². The second kappa shape index (κ2) is 8.10. The number of hydrogen-bond donors (Lipinski definition) is 1. The summed E-state index contributed by atoms with van der Waals surface area (Å²) in [4.78, 5) is 14.8. The molecule has 1 fully saturated rings. The summed E-state index contributed by atoms with van der Waals surface area (Å²) in [5.41, 5.74) is 0.778. The van der Waals surface area contributed by atoms with Crippen molar-refractivity contribution in [2.24, 2.45) is 5.92 Å². The molecule has 27 heavy (non-hydrogen) atoms. The van der Waals surface area contributed by atoms with Gasteiger partial charge in [0.25, 0.3) is 15.9 Å². The Morgan fingerprint density at radius 2 is 1.81 bits per heavy atom. The highest BCUT2D eigenvalue weighted by Crippen LogP contribution is 2.26. The van der Waals surface area contributed by atoms with Crippen molar-refractivity contribution in [1.82, 2.24) is 10.2 Å². The molecule has 0 saturated carbocycles. The number of hydrogen-bond acceptors (Lipinski definition) is 4. The predicted molar refractivity (Wildman–Crippen MR) is 106 cm³/mol. The molecule has 2 aromatic carbocycles. The molecule has 0 radical (unpaired) electrons. The van der Waals surface area contributed by atoms with E-state index in [1.807, 2.05) is 13.1 Å². The minimum Gasteiger partial charge on any atom is -0.338 e. The summed E-state index contributed by atoms with van der Waals surface area (Å²) >= 11 is 0. The van der Waals surface area contributed by atoms with Gasteiger partial charge in [-0.15, -0.1) is 0 Å². The van der Waals surface area contributed by atoms with Crippen LogP contribution in [0.15, 0.2) is 59.5 Å². The van der Waals surface area contributed by atoms with Crippen LogP contribution in [0.3, 0.4) is 0 Å². The number of likely N-dealkylation sites (tertiary alicyclic amines) is 1. The first-order chi connectivity index (χ1) is 12.9. The first-order valence-electron chi connectivity index (χ1n) is 9.02. The first-order valence-corrected chi connectivity index (χ1v) is 10.5. The van der Waals surface area contributed by atoms with Crippen LogP contribution in [0.4, 0.5) is 5.69 Å². The molecule has 1 unspecified atom stereocenters. The quantitative estimate of drug-likeness (QED) is 0.825. The first kappa shape index (κ1) is 19.4. The van der Waals surface area contributed by atoms with Crippen molar-refractivity contribution in [1.29, 1.82) is 0 Å². The summed E-state index contributed by atoms with van der Waals surface area (Å²) in [7, 11) is -0.448. The standard InChI is InChI=1S/C20H25N3O3S/c1-21-14-16-12-13-23(15-16)20(24)18-10-6-7-11-19(18)27(25,26)22(2)17-8-4-3-5-9-17/h3-11,16,21H,12-15H2,1-2H3. The molecule has 1 amide bonds. The van der Waals surface area contributed by atoms with E-state index < -0.39 is 10.0 Å². The molecule has 1 N–H and O–H groups in total. The van der Waals surface area contributed by atoms with Crippen molar-refractivity contribution in [3.8, 4) is 0 Å². The Bertz CT molecular complexity index is 900. The number of carbonyl (C=O) groups excluding carboxylic acids is 1. The molecule has 1 saturated heterocycles. The fourth-order valence-electron chi connectivity index (χ4n) is 3.44. The van der Waals surface area contributed by atoms with E-state index in [2.05, 4.69) is 5.32 Å². The highest BCUT2D eigenvalue weighted by molar-refractivity contribution is 7.92. The van der Waals surface area contributed by atoms with Gasteiger partial charge in [-0.05, 0) is 50.2 Å². The number of amides is 1. The van der Waals surface area contributed by atoms with Gasteiger partial charge in [0.05, 0.1) is 11.3 Å². The zero-order valence-electron chi connectivity index (χ0n) is 15.6. The van der Waals surface area contributed by atoms with E-state index in [4.69, 9.17) is 0 Å². The molecular weight excluding hydrogens is 362 g/mol. The van der Waals surface area contributed by atoms with Crippen LogP contribution in [-0.4, -0.2) is 53.0 Å². The third-order valence-electron chi connectivity index (χ3n) is 4.94. The van der Waals surface area contributed by atoms with E-state index in [0.29, 0.717) is 24.7 Å². The van der Waals surface area contributed by atoms with Gasteiger partial charge in [-0.1, -0.05) is 30.3 Å². The molecule has 3 rings (SSSR count). The molecule has 0 spiro atoms. The van der Waals surface area contributed by atoms with Crippen molar-refractivity contribution in [3.63, 3.8) is 0 Å². The van der Waals surface area contributed by atoms with Crippen LogP contribution in [0.25, 0.3) is 0 Å². The number of rotatable bonds is 6. The lowest BCUT2D eigenvalue weighted by Gasteiger charge is -2.23. The van der Waals surface area contributed by atoms with E-state index in [1.165, 1.54) is 17.4 Å². The van der Waals surface area contributed by atoms with Gasteiger partial charge < -0.3 is 10.2 Å². The summed E-state index contributed by atoms with van der Waals surface area (Å²) in [5, 5.41) is 3.14. The number of anilines is 1. The number of para-hydroxylation sites is 1. The Kier molecular flexibility index (Phi) is 5.82. The Hall–Kier alpha value is -2.38. The van der Waals surface area contributed by atoms with Gasteiger partial charge in [-0.3, -0.25) is 9.10 Å². The lowest BCUT2D eigenvalue weighted by molar-refractivity contribution is 0.0783. The number of benzene rings is 2. The minimum atomic E-state index is -3.85. The average Bonchev–Trinajstić information content (AvgIpc) is 3.16. The molecule has 1 aliphatic heterocycles. The van der Waals surface area contributed by atoms with Crippen LogP contribution in [0, 0.1) is 5.92 Å². The van der Waals surface area contributed by atoms with Crippen LogP contribution in [0.1, 0.15) is 16.8 Å². The molecule has 0 aromatic heterocycles. The van der Waals surface area contributed by atoms with E-state index in [0.717, 1.165) is 13.0 Å². The lowest BCUT2D eigenvalue weighted by atomic mass is 10.1. The molecule has 6 nitrogen and oxygen atoms in total. The fourth-order valence-corrected chi connectivity index (χ4v) is 4.81. The van der Waals surface area contributed by atoms with Gasteiger partial charge in [0.2, 0.25) is 0 Å². The summed E-state index contributed by atoms with van der Waals surface area (Å²) in [6, 6.07) is 15.3. The Balaban J connectivity index is 1.91. The van der Waals surface area contributed by atoms with Gasteiger partial charge in [0, 0.05) is 20.1 Å². The second-order valence-electron chi connectivity index (χ2n) is 6.77. The maximum atomic E-state index is 13.2. The minimum absolute atomic E-state index is 0.0402. The fraction of sp³-hybridized carbons (Fsp3) is 0.350. The highest BCUT2D eigenvalue weighted by atomic mass is 32.2. The Labute approximate surface area is 160 Å². The molecule has 1 heterocycles. The molecule has 0 bridgehead atoms. The van der Waals surface area contributed by atoms with Crippen LogP contribution >= 0.6 is 0 Å². The number of nitrogens with zero attached hydrogens (tertiary/aromatic N) is 2. The van der Waals surface area contributed by atoms with Crippen molar-refractivity contribution >= 4 is 21.6 Å². The smallest absolute Gasteiger partial charge is 0.264 e. The van der Waals surface area contributed by atoms with E-state index in [9.17, 15) is 13.2 Å². The molecule has 144 valence electrons. The van der Waals surface area contributed by atoms with Gasteiger partial charge in [-0.2, -0.15) is 0 Å². The molecular formula is C20H25N3O3S. The van der Waals surface area contributed by atoms with E-state index in [-0.39, 0.29) is 16.4 Å². The topological polar surface area (TPSA) is 69.7 Å². The summed E-state index contributed by atoms with van der Waals surface area (Å²) in [5.74, 6) is 0.170. The van der Waals surface area contributed by atoms with Crippen LogP contribution in [0.2, 0.25) is 0 Å². The van der Waals surface area contributed by atoms with Crippen LogP contribution in [0.5, 0.6) is 0 Å². The molecule has 2 aromatic rings. The number of carbonyl (C=O) groups is 1. The third-order valence-corrected chi connectivity index (χ3v) is 6.79. The maximum absolute atomic E-state index is 13.2. The number of nitrogens with one attached hydrogen (secondary N) is 1. The van der Waals surface area contributed by atoms with Gasteiger partial charge in [0.1, 0.15) is 4.90 Å². The Morgan fingerprint density at radius 3 is 2.52 bits per heavy atom. The van der Waals surface area contributed by atoms with Crippen molar-refractivity contribution < 1.29 is 13.2 Å². The third kappa shape index (κ3) is 3.99. The average molecular weight is 388 g/mol. The predicted octanol–water partition coefficient (Wildman–Crippen LogP) is 2.19. The highest BCUT2D eigenvalue weighted by Gasteiger charge is 2.31. The van der Waals surface area contributed by atoms with Gasteiger partial charge in [0.15, 0.2) is 0 Å². The lowest BCUT2D eigenvalue weighted by Crippen LogP contribution is -2.33. The van der Waals surface area contributed by atoms with E-state index in [1.54, 1.807) is 47.4 Å². The van der Waals surface area contributed by atoms with Crippen LogP contribution in [-0.2, 0) is 10.0 Å². The zero-order chi connectivity index (χ0) is 19.4. The molecule has 7 heteroatoms. The summed E-state index contributed by atoms with van der Waals surface area (Å²) in [6.07, 6.45) is 0.922. The SMILES string of the molecule is CNCC1CCN(C(=O)c2ccccc2S(=O)(=O)N(C)c2ccccc2)C1. The van der Waals surface area contributed by atoms with Gasteiger partial charge in [-0.25, -0.2) is 8.42 Å².